The minimum absolute atomic E-state index is 0.0936. The molecule has 0 amide bonds. The van der Waals surface area contributed by atoms with Crippen molar-refractivity contribution < 1.29 is 8.42 Å². The lowest BCUT2D eigenvalue weighted by Crippen LogP contribution is -2.33. The van der Waals surface area contributed by atoms with Crippen LogP contribution in [0.2, 0.25) is 0 Å². The van der Waals surface area contributed by atoms with Crippen molar-refractivity contribution in [1.82, 2.24) is 4.72 Å². The summed E-state index contributed by atoms with van der Waals surface area (Å²) >= 11 is 5.95. The molecular weight excluding hydrogens is 300 g/mol. The van der Waals surface area contributed by atoms with E-state index in [0.29, 0.717) is 11.4 Å². The maximum atomic E-state index is 12.2. The number of hydrogen-bond acceptors (Lipinski definition) is 4. The molecule has 1 aromatic rings. The fourth-order valence-corrected chi connectivity index (χ4v) is 4.94. The molecule has 1 heterocycles. The van der Waals surface area contributed by atoms with Gasteiger partial charge in [0.2, 0.25) is 10.0 Å². The molecule has 0 bridgehead atoms. The van der Waals surface area contributed by atoms with E-state index in [1.165, 1.54) is 12.8 Å². The van der Waals surface area contributed by atoms with Gasteiger partial charge in [0.1, 0.15) is 9.20 Å². The lowest BCUT2D eigenvalue weighted by Gasteiger charge is -2.23. The highest BCUT2D eigenvalue weighted by Gasteiger charge is 2.30. The standard InChI is InChI=1S/C12H18N2O2S3/c1-12(6-2-3-7-12)8-14-19(15,16)10-5-4-9(18-10)11(13)17/h4-5,14H,2-3,6-8H2,1H3,(H2,13,17). The molecule has 0 atom stereocenters. The van der Waals surface area contributed by atoms with E-state index in [9.17, 15) is 8.42 Å². The molecule has 0 aliphatic heterocycles. The summed E-state index contributed by atoms with van der Waals surface area (Å²) in [6.45, 7) is 2.63. The molecule has 19 heavy (non-hydrogen) atoms. The van der Waals surface area contributed by atoms with Gasteiger partial charge in [-0.2, -0.15) is 0 Å². The first-order valence-corrected chi connectivity index (χ1v) is 8.93. The molecule has 0 aromatic carbocycles. The molecule has 0 saturated heterocycles. The Labute approximate surface area is 123 Å². The van der Waals surface area contributed by atoms with E-state index in [4.69, 9.17) is 18.0 Å². The van der Waals surface area contributed by atoms with Crippen LogP contribution < -0.4 is 10.5 Å². The summed E-state index contributed by atoms with van der Waals surface area (Å²) in [5.41, 5.74) is 5.59. The van der Waals surface area contributed by atoms with Crippen LogP contribution in [0.1, 0.15) is 37.5 Å². The summed E-state index contributed by atoms with van der Waals surface area (Å²) < 4.78 is 27.3. The van der Waals surface area contributed by atoms with Crippen LogP contribution in [0.25, 0.3) is 0 Å². The summed E-state index contributed by atoms with van der Waals surface area (Å²) in [4.78, 5) is 0.858. The van der Waals surface area contributed by atoms with Crippen LogP contribution in [0.4, 0.5) is 0 Å². The van der Waals surface area contributed by atoms with Gasteiger partial charge in [-0.15, -0.1) is 11.3 Å². The Bertz CT molecular complexity index is 572. The van der Waals surface area contributed by atoms with E-state index in [1.54, 1.807) is 12.1 Å². The number of thiophene rings is 1. The number of sulfonamides is 1. The molecule has 7 heteroatoms. The molecule has 3 N–H and O–H groups in total. The Balaban J connectivity index is 2.07. The average molecular weight is 318 g/mol. The average Bonchev–Trinajstić information content (AvgIpc) is 2.96. The van der Waals surface area contributed by atoms with Crippen LogP contribution >= 0.6 is 23.6 Å². The molecule has 1 saturated carbocycles. The largest absolute Gasteiger partial charge is 0.389 e. The molecule has 1 aromatic heterocycles. The van der Waals surface area contributed by atoms with Crippen molar-refractivity contribution in [1.29, 1.82) is 0 Å². The van der Waals surface area contributed by atoms with Crippen molar-refractivity contribution in [3.05, 3.63) is 17.0 Å². The number of rotatable bonds is 5. The van der Waals surface area contributed by atoms with Gasteiger partial charge in [-0.05, 0) is 30.4 Å². The van der Waals surface area contributed by atoms with Gasteiger partial charge >= 0.3 is 0 Å². The zero-order valence-electron chi connectivity index (χ0n) is 10.8. The van der Waals surface area contributed by atoms with Gasteiger partial charge in [0.05, 0.1) is 4.88 Å². The van der Waals surface area contributed by atoms with Crippen molar-refractivity contribution >= 4 is 38.6 Å². The van der Waals surface area contributed by atoms with Crippen LogP contribution in [-0.2, 0) is 10.0 Å². The first-order valence-electron chi connectivity index (χ1n) is 6.22. The minimum atomic E-state index is -3.45. The zero-order valence-corrected chi connectivity index (χ0v) is 13.3. The van der Waals surface area contributed by atoms with E-state index in [-0.39, 0.29) is 14.6 Å². The molecule has 0 radical (unpaired) electrons. The van der Waals surface area contributed by atoms with Crippen LogP contribution in [0.3, 0.4) is 0 Å². The predicted octanol–water partition coefficient (Wildman–Crippen LogP) is 2.24. The van der Waals surface area contributed by atoms with Gasteiger partial charge in [-0.25, -0.2) is 13.1 Å². The zero-order chi connectivity index (χ0) is 14.1. The molecule has 0 spiro atoms. The van der Waals surface area contributed by atoms with Gasteiger partial charge in [0, 0.05) is 6.54 Å². The SMILES string of the molecule is CC1(CNS(=O)(=O)c2ccc(C(N)=S)s2)CCCC1. The molecule has 1 aliphatic rings. The smallest absolute Gasteiger partial charge is 0.250 e. The van der Waals surface area contributed by atoms with Crippen molar-refractivity contribution in [2.24, 2.45) is 11.1 Å². The fraction of sp³-hybridized carbons (Fsp3) is 0.583. The first kappa shape index (κ1) is 14.9. The third kappa shape index (κ3) is 3.53. The third-order valence-corrected chi connectivity index (χ3v) is 6.95. The fourth-order valence-electron chi connectivity index (χ4n) is 2.34. The molecule has 1 aliphatic carbocycles. The van der Waals surface area contributed by atoms with E-state index in [2.05, 4.69) is 11.6 Å². The Hall–Kier alpha value is -0.500. The lowest BCUT2D eigenvalue weighted by atomic mass is 9.89. The van der Waals surface area contributed by atoms with Gasteiger partial charge in [-0.1, -0.05) is 32.0 Å². The van der Waals surface area contributed by atoms with Crippen molar-refractivity contribution in [2.75, 3.05) is 6.54 Å². The highest BCUT2D eigenvalue weighted by molar-refractivity contribution is 7.91. The van der Waals surface area contributed by atoms with Gasteiger partial charge in [0.25, 0.3) is 0 Å². The van der Waals surface area contributed by atoms with E-state index in [0.717, 1.165) is 24.2 Å². The normalized spacial score (nSPS) is 18.6. The summed E-state index contributed by atoms with van der Waals surface area (Å²) in [7, 11) is -3.45. The van der Waals surface area contributed by atoms with Crippen molar-refractivity contribution in [3.63, 3.8) is 0 Å². The number of nitrogens with two attached hydrogens (primary N) is 1. The second kappa shape index (κ2) is 5.47. The van der Waals surface area contributed by atoms with Crippen molar-refractivity contribution in [2.45, 2.75) is 36.8 Å². The monoisotopic (exact) mass is 318 g/mol. The summed E-state index contributed by atoms with van der Waals surface area (Å²) in [5, 5.41) is 0. The van der Waals surface area contributed by atoms with E-state index in [1.807, 2.05) is 0 Å². The van der Waals surface area contributed by atoms with Crippen LogP contribution in [0.5, 0.6) is 0 Å². The molecule has 4 nitrogen and oxygen atoms in total. The molecule has 2 rings (SSSR count). The molecular formula is C12H18N2O2S3. The van der Waals surface area contributed by atoms with Crippen molar-refractivity contribution in [3.8, 4) is 0 Å². The van der Waals surface area contributed by atoms with Gasteiger partial charge in [0.15, 0.2) is 0 Å². The maximum Gasteiger partial charge on any atom is 0.250 e. The predicted molar refractivity (Wildman–Crippen MR) is 82.0 cm³/mol. The number of nitrogens with one attached hydrogen (secondary N) is 1. The Morgan fingerprint density at radius 2 is 2.11 bits per heavy atom. The Morgan fingerprint density at radius 3 is 2.63 bits per heavy atom. The lowest BCUT2D eigenvalue weighted by molar-refractivity contribution is 0.336. The number of thiocarbonyl (C=S) groups is 1. The van der Waals surface area contributed by atoms with Crippen LogP contribution in [0, 0.1) is 5.41 Å². The third-order valence-electron chi connectivity index (χ3n) is 3.59. The minimum Gasteiger partial charge on any atom is -0.389 e. The maximum absolute atomic E-state index is 12.2. The molecule has 106 valence electrons. The van der Waals surface area contributed by atoms with Crippen LogP contribution in [0.15, 0.2) is 16.3 Å². The summed E-state index contributed by atoms with van der Waals surface area (Å²) in [6.07, 6.45) is 4.53. The molecule has 1 fully saturated rings. The van der Waals surface area contributed by atoms with Crippen LogP contribution in [-0.4, -0.2) is 20.0 Å². The summed E-state index contributed by atoms with van der Waals surface area (Å²) in [5.74, 6) is 0. The Kier molecular flexibility index (Phi) is 4.29. The highest BCUT2D eigenvalue weighted by atomic mass is 32.2. The number of hydrogen-bond donors (Lipinski definition) is 2. The summed E-state index contributed by atoms with van der Waals surface area (Å²) in [6, 6.07) is 3.21. The van der Waals surface area contributed by atoms with E-state index >= 15 is 0 Å². The Morgan fingerprint density at radius 1 is 1.47 bits per heavy atom. The topological polar surface area (TPSA) is 72.2 Å². The van der Waals surface area contributed by atoms with Gasteiger partial charge in [-0.3, -0.25) is 0 Å². The molecule has 0 unspecified atom stereocenters. The quantitative estimate of drug-likeness (QED) is 0.817. The van der Waals surface area contributed by atoms with Gasteiger partial charge < -0.3 is 5.73 Å². The second-order valence-electron chi connectivity index (χ2n) is 5.33. The second-order valence-corrected chi connectivity index (χ2v) is 8.84. The first-order chi connectivity index (χ1) is 8.82. The van der Waals surface area contributed by atoms with E-state index < -0.39 is 10.0 Å². The highest BCUT2D eigenvalue weighted by Crippen LogP contribution is 2.37.